The Hall–Kier alpha value is -3.20. The minimum Gasteiger partial charge on any atom is -0.494 e. The summed E-state index contributed by atoms with van der Waals surface area (Å²) < 4.78 is 12.1. The average Bonchev–Trinajstić information content (AvgIpc) is 3.22. The van der Waals surface area contributed by atoms with Gasteiger partial charge in [0, 0.05) is 18.7 Å². The minimum atomic E-state index is -0.490. The fourth-order valence-electron chi connectivity index (χ4n) is 2.24. The van der Waals surface area contributed by atoms with Crippen molar-refractivity contribution < 1.29 is 14.1 Å². The van der Waals surface area contributed by atoms with Gasteiger partial charge in [0.15, 0.2) is 5.76 Å². The second-order valence-corrected chi connectivity index (χ2v) is 4.59. The third-order valence-corrected chi connectivity index (χ3v) is 3.29. The summed E-state index contributed by atoms with van der Waals surface area (Å²) in [5.41, 5.74) is 7.02. The van der Waals surface area contributed by atoms with Gasteiger partial charge in [0.1, 0.15) is 22.8 Å². The zero-order chi connectivity index (χ0) is 16.4. The molecule has 0 aliphatic rings. The van der Waals surface area contributed by atoms with E-state index < -0.39 is 4.92 Å². The Bertz CT molecular complexity index is 841. The number of nitrogens with zero attached hydrogens (tertiary/aromatic N) is 4. The molecule has 2 N–H and O–H groups in total. The first-order chi connectivity index (χ1) is 11.2. The van der Waals surface area contributed by atoms with Crippen molar-refractivity contribution in [1.82, 2.24) is 15.0 Å². The smallest absolute Gasteiger partial charge is 0.271 e. The summed E-state index contributed by atoms with van der Waals surface area (Å²) in [6, 6.07) is 7.68. The number of nitro groups is 1. The summed E-state index contributed by atoms with van der Waals surface area (Å²) in [6.07, 6.45) is 1.51. The van der Waals surface area contributed by atoms with Crippen LogP contribution in [0.5, 0.6) is 5.75 Å². The van der Waals surface area contributed by atoms with Crippen LogP contribution in [0.2, 0.25) is 0 Å². The molecule has 118 valence electrons. The average molecular weight is 315 g/mol. The number of hydrogen-bond acceptors (Lipinski definition) is 7. The predicted octanol–water partition coefficient (Wildman–Crippen LogP) is 1.90. The SMILES string of the molecule is COc1ccc([N+](=O)[O-])cc1-n1nnc(CN)c1-c1ccco1. The number of benzene rings is 1. The third kappa shape index (κ3) is 2.53. The predicted molar refractivity (Wildman–Crippen MR) is 80.2 cm³/mol. The van der Waals surface area contributed by atoms with Crippen LogP contribution in [0.1, 0.15) is 5.69 Å². The third-order valence-electron chi connectivity index (χ3n) is 3.29. The minimum absolute atomic E-state index is 0.0870. The number of non-ortho nitro benzene ring substituents is 1. The van der Waals surface area contributed by atoms with Crippen molar-refractivity contribution in [3.63, 3.8) is 0 Å². The van der Waals surface area contributed by atoms with Crippen LogP contribution in [0.15, 0.2) is 41.0 Å². The Kier molecular flexibility index (Phi) is 3.77. The van der Waals surface area contributed by atoms with Crippen molar-refractivity contribution >= 4 is 5.69 Å². The number of aromatic nitrogens is 3. The molecule has 0 fully saturated rings. The maximum Gasteiger partial charge on any atom is 0.271 e. The van der Waals surface area contributed by atoms with E-state index in [0.29, 0.717) is 28.6 Å². The van der Waals surface area contributed by atoms with Crippen molar-refractivity contribution in [2.75, 3.05) is 7.11 Å². The molecule has 0 spiro atoms. The quantitative estimate of drug-likeness (QED) is 0.563. The Morgan fingerprint density at radius 3 is 2.87 bits per heavy atom. The monoisotopic (exact) mass is 315 g/mol. The van der Waals surface area contributed by atoms with Crippen molar-refractivity contribution in [3.8, 4) is 22.9 Å². The molecule has 0 bridgehead atoms. The Labute approximate surface area is 130 Å². The van der Waals surface area contributed by atoms with E-state index in [9.17, 15) is 10.1 Å². The van der Waals surface area contributed by atoms with Gasteiger partial charge in [0.25, 0.3) is 5.69 Å². The maximum atomic E-state index is 11.0. The zero-order valence-electron chi connectivity index (χ0n) is 12.2. The summed E-state index contributed by atoms with van der Waals surface area (Å²) in [7, 11) is 1.47. The first-order valence-electron chi connectivity index (χ1n) is 6.67. The molecule has 0 saturated carbocycles. The molecule has 9 heteroatoms. The van der Waals surface area contributed by atoms with Crippen LogP contribution in [0, 0.1) is 10.1 Å². The molecule has 0 atom stereocenters. The van der Waals surface area contributed by atoms with Gasteiger partial charge in [-0.3, -0.25) is 10.1 Å². The van der Waals surface area contributed by atoms with Gasteiger partial charge in [0.05, 0.1) is 18.3 Å². The number of ether oxygens (including phenoxy) is 1. The molecule has 0 saturated heterocycles. The number of hydrogen-bond donors (Lipinski definition) is 1. The van der Waals surface area contributed by atoms with Crippen molar-refractivity contribution in [2.24, 2.45) is 5.73 Å². The van der Waals surface area contributed by atoms with Crippen LogP contribution in [0.3, 0.4) is 0 Å². The largest absolute Gasteiger partial charge is 0.494 e. The number of nitro benzene ring substituents is 1. The van der Waals surface area contributed by atoms with Gasteiger partial charge in [-0.05, 0) is 18.2 Å². The van der Waals surface area contributed by atoms with Gasteiger partial charge in [-0.25, -0.2) is 4.68 Å². The molecule has 0 amide bonds. The highest BCUT2D eigenvalue weighted by Crippen LogP contribution is 2.32. The molecule has 3 rings (SSSR count). The lowest BCUT2D eigenvalue weighted by atomic mass is 10.2. The van der Waals surface area contributed by atoms with Crippen molar-refractivity contribution in [3.05, 3.63) is 52.4 Å². The summed E-state index contributed by atoms with van der Waals surface area (Å²) >= 11 is 0. The molecule has 2 heterocycles. The molecule has 2 aromatic heterocycles. The van der Waals surface area contributed by atoms with Crippen LogP contribution in [-0.4, -0.2) is 27.0 Å². The molecule has 9 nitrogen and oxygen atoms in total. The first kappa shape index (κ1) is 14.7. The van der Waals surface area contributed by atoms with Gasteiger partial charge in [-0.2, -0.15) is 0 Å². The van der Waals surface area contributed by atoms with Crippen LogP contribution >= 0.6 is 0 Å². The van der Waals surface area contributed by atoms with E-state index in [2.05, 4.69) is 10.3 Å². The second kappa shape index (κ2) is 5.89. The number of nitrogens with two attached hydrogens (primary N) is 1. The Balaban J connectivity index is 2.25. The Morgan fingerprint density at radius 2 is 2.26 bits per heavy atom. The number of furan rings is 1. The molecule has 1 aromatic carbocycles. The molecular weight excluding hydrogens is 302 g/mol. The summed E-state index contributed by atoms with van der Waals surface area (Å²) in [5.74, 6) is 0.917. The molecule has 0 aliphatic heterocycles. The van der Waals surface area contributed by atoms with E-state index in [1.54, 1.807) is 12.1 Å². The summed E-state index contributed by atoms with van der Waals surface area (Å²) in [6.45, 7) is 0.146. The lowest BCUT2D eigenvalue weighted by molar-refractivity contribution is -0.384. The van der Waals surface area contributed by atoms with Gasteiger partial charge in [-0.15, -0.1) is 5.10 Å². The fourth-order valence-corrected chi connectivity index (χ4v) is 2.24. The highest BCUT2D eigenvalue weighted by atomic mass is 16.6. The molecular formula is C14H13N5O4. The normalized spacial score (nSPS) is 10.7. The molecule has 0 radical (unpaired) electrons. The summed E-state index contributed by atoms with van der Waals surface area (Å²) in [5, 5.41) is 19.1. The summed E-state index contributed by atoms with van der Waals surface area (Å²) in [4.78, 5) is 10.6. The van der Waals surface area contributed by atoms with Gasteiger partial charge in [0.2, 0.25) is 0 Å². The van der Waals surface area contributed by atoms with E-state index in [-0.39, 0.29) is 12.2 Å². The zero-order valence-corrected chi connectivity index (χ0v) is 12.2. The lowest BCUT2D eigenvalue weighted by Gasteiger charge is -2.10. The van der Waals surface area contributed by atoms with E-state index in [1.165, 1.54) is 36.3 Å². The van der Waals surface area contributed by atoms with Gasteiger partial charge in [-0.1, -0.05) is 5.21 Å². The molecule has 23 heavy (non-hydrogen) atoms. The van der Waals surface area contributed by atoms with Crippen LogP contribution in [0.4, 0.5) is 5.69 Å². The van der Waals surface area contributed by atoms with E-state index in [1.807, 2.05) is 0 Å². The van der Waals surface area contributed by atoms with Gasteiger partial charge >= 0.3 is 0 Å². The van der Waals surface area contributed by atoms with Crippen LogP contribution < -0.4 is 10.5 Å². The standard InChI is InChI=1S/C14H13N5O4/c1-22-12-5-4-9(19(20)21)7-11(12)18-14(10(8-15)16-17-18)13-3-2-6-23-13/h2-7H,8,15H2,1H3. The van der Waals surface area contributed by atoms with E-state index in [4.69, 9.17) is 14.9 Å². The second-order valence-electron chi connectivity index (χ2n) is 4.59. The molecule has 0 unspecified atom stereocenters. The van der Waals surface area contributed by atoms with E-state index >= 15 is 0 Å². The number of rotatable bonds is 5. The topological polar surface area (TPSA) is 122 Å². The first-order valence-corrected chi connectivity index (χ1v) is 6.67. The van der Waals surface area contributed by atoms with Crippen molar-refractivity contribution in [2.45, 2.75) is 6.54 Å². The van der Waals surface area contributed by atoms with Gasteiger partial charge < -0.3 is 14.9 Å². The molecule has 0 aliphatic carbocycles. The fraction of sp³-hybridized carbons (Fsp3) is 0.143. The Morgan fingerprint density at radius 1 is 1.43 bits per heavy atom. The molecule has 3 aromatic rings. The number of methoxy groups -OCH3 is 1. The highest BCUT2D eigenvalue weighted by Gasteiger charge is 2.21. The van der Waals surface area contributed by atoms with Crippen LogP contribution in [-0.2, 0) is 6.54 Å². The maximum absolute atomic E-state index is 11.0. The lowest BCUT2D eigenvalue weighted by Crippen LogP contribution is -2.04. The van der Waals surface area contributed by atoms with Crippen molar-refractivity contribution in [1.29, 1.82) is 0 Å². The van der Waals surface area contributed by atoms with E-state index in [0.717, 1.165) is 0 Å². The highest BCUT2D eigenvalue weighted by molar-refractivity contribution is 5.62. The van der Waals surface area contributed by atoms with Crippen LogP contribution in [0.25, 0.3) is 17.1 Å².